The lowest BCUT2D eigenvalue weighted by Gasteiger charge is -2.36. The number of amides is 1. The molecule has 0 heterocycles. The van der Waals surface area contributed by atoms with Gasteiger partial charge in [0.25, 0.3) is 0 Å². The van der Waals surface area contributed by atoms with Crippen molar-refractivity contribution >= 4 is 5.91 Å². The first-order valence-corrected chi connectivity index (χ1v) is 4.42. The summed E-state index contributed by atoms with van der Waals surface area (Å²) < 4.78 is 0. The van der Waals surface area contributed by atoms with Crippen LogP contribution >= 0.6 is 0 Å². The Morgan fingerprint density at radius 1 is 1.54 bits per heavy atom. The van der Waals surface area contributed by atoms with Crippen molar-refractivity contribution in [2.45, 2.75) is 32.4 Å². The zero-order valence-corrected chi connectivity index (χ0v) is 9.22. The van der Waals surface area contributed by atoms with Crippen LogP contribution in [0.1, 0.15) is 20.8 Å². The number of hydrogen-bond acceptors (Lipinski definition) is 2. The third-order valence-electron chi connectivity index (χ3n) is 2.45. The van der Waals surface area contributed by atoms with Crippen LogP contribution in [0.3, 0.4) is 0 Å². The molecule has 13 heavy (non-hydrogen) atoms. The molecule has 0 aromatic rings. The minimum Gasteiger partial charge on any atom is -0.346 e. The fraction of sp³-hybridized carbons (Fsp3) is 0.700. The van der Waals surface area contributed by atoms with Gasteiger partial charge >= 0.3 is 0 Å². The summed E-state index contributed by atoms with van der Waals surface area (Å²) in [5.41, 5.74) is -0.241. The van der Waals surface area contributed by atoms with Crippen molar-refractivity contribution in [3.8, 4) is 0 Å². The minimum absolute atomic E-state index is 0.126. The van der Waals surface area contributed by atoms with Gasteiger partial charge in [-0.15, -0.1) is 0 Å². The topological polar surface area (TPSA) is 32.3 Å². The van der Waals surface area contributed by atoms with Crippen molar-refractivity contribution in [1.82, 2.24) is 10.2 Å². The molecule has 0 aromatic heterocycles. The van der Waals surface area contributed by atoms with Gasteiger partial charge in [-0.1, -0.05) is 6.58 Å². The molecule has 0 radical (unpaired) electrons. The highest BCUT2D eigenvalue weighted by molar-refractivity contribution is 5.87. The second-order valence-corrected chi connectivity index (χ2v) is 4.05. The number of hydrogen-bond donors (Lipinski definition) is 1. The fourth-order valence-electron chi connectivity index (χ4n) is 1.12. The Balaban J connectivity index is 4.37. The number of carbonyl (C=O) groups is 1. The van der Waals surface area contributed by atoms with E-state index >= 15 is 0 Å². The highest BCUT2D eigenvalue weighted by Crippen LogP contribution is 2.12. The van der Waals surface area contributed by atoms with Gasteiger partial charge in [-0.2, -0.15) is 0 Å². The lowest BCUT2D eigenvalue weighted by atomic mass is 9.95. The average Bonchev–Trinajstić information content (AvgIpc) is 2.01. The summed E-state index contributed by atoms with van der Waals surface area (Å²) in [6, 6.07) is 0.274. The molecule has 1 N–H and O–H groups in total. The maximum atomic E-state index is 11.1. The smallest absolute Gasteiger partial charge is 0.243 e. The third-order valence-corrected chi connectivity index (χ3v) is 2.45. The summed E-state index contributed by atoms with van der Waals surface area (Å²) in [4.78, 5) is 13.2. The number of likely N-dealkylation sites (N-methyl/N-ethyl adjacent to an activating group) is 1. The van der Waals surface area contributed by atoms with Crippen LogP contribution in [0.15, 0.2) is 12.7 Å². The molecule has 1 atom stereocenters. The molecule has 0 rings (SSSR count). The Labute approximate surface area is 80.8 Å². The molecule has 3 nitrogen and oxygen atoms in total. The van der Waals surface area contributed by atoms with Crippen molar-refractivity contribution in [3.05, 3.63) is 12.7 Å². The predicted octanol–water partition coefficient (Wildman–Crippen LogP) is 1.02. The van der Waals surface area contributed by atoms with E-state index < -0.39 is 0 Å². The summed E-state index contributed by atoms with van der Waals surface area (Å²) in [6.07, 6.45) is 1.30. The van der Waals surface area contributed by atoms with Gasteiger partial charge in [-0.25, -0.2) is 0 Å². The summed E-state index contributed by atoms with van der Waals surface area (Å²) in [5, 5.41) is 2.89. The fourth-order valence-corrected chi connectivity index (χ4v) is 1.12. The Morgan fingerprint density at radius 3 is 2.31 bits per heavy atom. The first kappa shape index (κ1) is 12.2. The number of rotatable bonds is 4. The second kappa shape index (κ2) is 4.42. The van der Waals surface area contributed by atoms with Crippen molar-refractivity contribution in [1.29, 1.82) is 0 Å². The predicted molar refractivity (Wildman–Crippen MR) is 55.6 cm³/mol. The summed E-state index contributed by atoms with van der Waals surface area (Å²) in [7, 11) is 3.99. The molecule has 0 aromatic carbocycles. The highest BCUT2D eigenvalue weighted by atomic mass is 16.1. The van der Waals surface area contributed by atoms with Gasteiger partial charge in [0.2, 0.25) is 5.91 Å². The van der Waals surface area contributed by atoms with E-state index in [2.05, 4.69) is 23.7 Å². The van der Waals surface area contributed by atoms with Crippen molar-refractivity contribution < 1.29 is 4.79 Å². The minimum atomic E-state index is -0.241. The van der Waals surface area contributed by atoms with E-state index in [-0.39, 0.29) is 17.5 Å². The molecule has 0 spiro atoms. The van der Waals surface area contributed by atoms with Gasteiger partial charge in [0.1, 0.15) is 0 Å². The molecule has 0 bridgehead atoms. The number of nitrogens with zero attached hydrogens (tertiary/aromatic N) is 1. The summed E-state index contributed by atoms with van der Waals surface area (Å²) in [5.74, 6) is -0.126. The standard InChI is InChI=1S/C10H20N2O/c1-7-9(13)11-10(3,4)8(2)12(5)6/h7-8H,1H2,2-6H3,(H,11,13)/t8-/m0/s1. The average molecular weight is 184 g/mol. The molecule has 3 heteroatoms. The van der Waals surface area contributed by atoms with E-state index in [4.69, 9.17) is 0 Å². The SMILES string of the molecule is C=CC(=O)NC(C)(C)[C@H](C)N(C)C. The van der Waals surface area contributed by atoms with Crippen LogP contribution in [-0.4, -0.2) is 36.5 Å². The summed E-state index contributed by atoms with van der Waals surface area (Å²) in [6.45, 7) is 9.49. The van der Waals surface area contributed by atoms with Gasteiger partial charge in [0.15, 0.2) is 0 Å². The van der Waals surface area contributed by atoms with Gasteiger partial charge in [-0.05, 0) is 40.9 Å². The van der Waals surface area contributed by atoms with Crippen molar-refractivity contribution in [2.24, 2.45) is 0 Å². The first-order valence-electron chi connectivity index (χ1n) is 4.42. The van der Waals surface area contributed by atoms with E-state index in [1.807, 2.05) is 27.9 Å². The summed E-state index contributed by atoms with van der Waals surface area (Å²) >= 11 is 0. The van der Waals surface area contributed by atoms with Crippen LogP contribution in [0.2, 0.25) is 0 Å². The van der Waals surface area contributed by atoms with E-state index in [0.717, 1.165) is 0 Å². The van der Waals surface area contributed by atoms with Crippen LogP contribution < -0.4 is 5.32 Å². The maximum Gasteiger partial charge on any atom is 0.243 e. The zero-order chi connectivity index (χ0) is 10.6. The molecular weight excluding hydrogens is 164 g/mol. The second-order valence-electron chi connectivity index (χ2n) is 4.05. The van der Waals surface area contributed by atoms with Crippen LogP contribution in [0.25, 0.3) is 0 Å². The van der Waals surface area contributed by atoms with Gasteiger partial charge in [-0.3, -0.25) is 4.79 Å². The van der Waals surface area contributed by atoms with E-state index in [0.29, 0.717) is 0 Å². The van der Waals surface area contributed by atoms with Crippen LogP contribution in [-0.2, 0) is 4.79 Å². The van der Waals surface area contributed by atoms with Crippen molar-refractivity contribution in [2.75, 3.05) is 14.1 Å². The van der Waals surface area contributed by atoms with Crippen LogP contribution in [0, 0.1) is 0 Å². The number of nitrogens with one attached hydrogen (secondary N) is 1. The highest BCUT2D eigenvalue weighted by Gasteiger charge is 2.28. The zero-order valence-electron chi connectivity index (χ0n) is 9.22. The van der Waals surface area contributed by atoms with Crippen LogP contribution in [0.4, 0.5) is 0 Å². The Kier molecular flexibility index (Phi) is 4.14. The molecule has 0 aliphatic rings. The molecule has 76 valence electrons. The maximum absolute atomic E-state index is 11.1. The Bertz CT molecular complexity index is 197. The van der Waals surface area contributed by atoms with Gasteiger partial charge in [0, 0.05) is 11.6 Å². The molecule has 0 saturated carbocycles. The molecule has 0 unspecified atom stereocenters. The normalized spacial score (nSPS) is 14.0. The Hall–Kier alpha value is -0.830. The molecular formula is C10H20N2O. The third kappa shape index (κ3) is 3.59. The number of carbonyl (C=O) groups excluding carboxylic acids is 1. The molecule has 0 aliphatic heterocycles. The monoisotopic (exact) mass is 184 g/mol. The quantitative estimate of drug-likeness (QED) is 0.662. The van der Waals surface area contributed by atoms with Crippen molar-refractivity contribution in [3.63, 3.8) is 0 Å². The van der Waals surface area contributed by atoms with E-state index in [9.17, 15) is 4.79 Å². The molecule has 0 aliphatic carbocycles. The van der Waals surface area contributed by atoms with E-state index in [1.54, 1.807) is 0 Å². The molecule has 0 saturated heterocycles. The van der Waals surface area contributed by atoms with Crippen LogP contribution in [0.5, 0.6) is 0 Å². The van der Waals surface area contributed by atoms with Gasteiger partial charge in [0.05, 0.1) is 0 Å². The lowest BCUT2D eigenvalue weighted by molar-refractivity contribution is -0.118. The lowest BCUT2D eigenvalue weighted by Crippen LogP contribution is -2.55. The molecule has 0 fully saturated rings. The molecule has 1 amide bonds. The first-order chi connectivity index (χ1) is 5.81. The Morgan fingerprint density at radius 2 is 2.00 bits per heavy atom. The van der Waals surface area contributed by atoms with E-state index in [1.165, 1.54) is 6.08 Å². The largest absolute Gasteiger partial charge is 0.346 e. The van der Waals surface area contributed by atoms with Gasteiger partial charge < -0.3 is 10.2 Å².